The van der Waals surface area contributed by atoms with Crippen molar-refractivity contribution in [2.45, 2.75) is 10.8 Å². The number of aromatic nitrogens is 3. The first-order chi connectivity index (χ1) is 6.84. The van der Waals surface area contributed by atoms with Crippen LogP contribution in [0.5, 0.6) is 0 Å². The molecule has 0 aliphatic rings. The van der Waals surface area contributed by atoms with Crippen LogP contribution in [0.25, 0.3) is 0 Å². The predicted molar refractivity (Wildman–Crippen MR) is 56.8 cm³/mol. The molecule has 0 saturated carbocycles. The Hall–Kier alpha value is -1.49. The highest BCUT2D eigenvalue weighted by molar-refractivity contribution is 7.98. The Morgan fingerprint density at radius 3 is 2.93 bits per heavy atom. The Bertz CT molecular complexity index is 382. The van der Waals surface area contributed by atoms with Crippen molar-refractivity contribution in [1.82, 2.24) is 15.2 Å². The summed E-state index contributed by atoms with van der Waals surface area (Å²) in [6, 6.07) is 5.71. The first-order valence-corrected chi connectivity index (χ1v) is 5.16. The molecule has 0 aliphatic carbocycles. The third-order valence-corrected chi connectivity index (χ3v) is 2.69. The molecule has 0 aromatic carbocycles. The SMILES string of the molecule is Nc1ccc(SCc2ccn[nH]2)nc1. The van der Waals surface area contributed by atoms with Gasteiger partial charge in [-0.3, -0.25) is 5.10 Å². The van der Waals surface area contributed by atoms with Gasteiger partial charge in [-0.2, -0.15) is 5.10 Å². The van der Waals surface area contributed by atoms with E-state index in [1.807, 2.05) is 18.2 Å². The average molecular weight is 206 g/mol. The number of nitrogens with two attached hydrogens (primary N) is 1. The quantitative estimate of drug-likeness (QED) is 0.750. The van der Waals surface area contributed by atoms with Crippen molar-refractivity contribution in [2.24, 2.45) is 0 Å². The molecule has 2 aromatic rings. The number of rotatable bonds is 3. The smallest absolute Gasteiger partial charge is 0.0965 e. The van der Waals surface area contributed by atoms with Crippen LogP contribution in [-0.2, 0) is 5.75 Å². The van der Waals surface area contributed by atoms with Crippen molar-refractivity contribution in [1.29, 1.82) is 0 Å². The summed E-state index contributed by atoms with van der Waals surface area (Å²) in [6.07, 6.45) is 3.40. The van der Waals surface area contributed by atoms with Gasteiger partial charge in [0.1, 0.15) is 0 Å². The van der Waals surface area contributed by atoms with E-state index in [-0.39, 0.29) is 0 Å². The van der Waals surface area contributed by atoms with E-state index in [9.17, 15) is 0 Å². The number of nitrogens with zero attached hydrogens (tertiary/aromatic N) is 2. The largest absolute Gasteiger partial charge is 0.397 e. The molecule has 14 heavy (non-hydrogen) atoms. The van der Waals surface area contributed by atoms with E-state index in [4.69, 9.17) is 5.73 Å². The van der Waals surface area contributed by atoms with E-state index in [0.29, 0.717) is 5.69 Å². The van der Waals surface area contributed by atoms with Gasteiger partial charge in [0.25, 0.3) is 0 Å². The van der Waals surface area contributed by atoms with Gasteiger partial charge >= 0.3 is 0 Å². The van der Waals surface area contributed by atoms with Crippen molar-refractivity contribution in [2.75, 3.05) is 5.73 Å². The zero-order valence-electron chi connectivity index (χ0n) is 7.47. The summed E-state index contributed by atoms with van der Waals surface area (Å²) >= 11 is 1.65. The molecule has 5 heteroatoms. The number of thioether (sulfide) groups is 1. The molecule has 0 aliphatic heterocycles. The molecule has 0 amide bonds. The normalized spacial score (nSPS) is 10.3. The molecule has 3 N–H and O–H groups in total. The van der Waals surface area contributed by atoms with Gasteiger partial charge in [-0.05, 0) is 18.2 Å². The number of aromatic amines is 1. The van der Waals surface area contributed by atoms with Gasteiger partial charge in [0.05, 0.1) is 16.9 Å². The predicted octanol–water partition coefficient (Wildman–Crippen LogP) is 1.68. The maximum atomic E-state index is 5.53. The molecule has 2 aromatic heterocycles. The van der Waals surface area contributed by atoms with Crippen molar-refractivity contribution in [3.63, 3.8) is 0 Å². The molecular formula is C9H10N4S. The zero-order valence-corrected chi connectivity index (χ0v) is 8.29. The molecule has 2 rings (SSSR count). The van der Waals surface area contributed by atoms with Crippen LogP contribution < -0.4 is 5.73 Å². The monoisotopic (exact) mass is 206 g/mol. The fourth-order valence-electron chi connectivity index (χ4n) is 0.994. The van der Waals surface area contributed by atoms with Crippen LogP contribution >= 0.6 is 11.8 Å². The van der Waals surface area contributed by atoms with Crippen LogP contribution in [0.15, 0.2) is 35.6 Å². The van der Waals surface area contributed by atoms with E-state index < -0.39 is 0 Å². The lowest BCUT2D eigenvalue weighted by Gasteiger charge is -1.98. The molecule has 0 bridgehead atoms. The van der Waals surface area contributed by atoms with Gasteiger partial charge < -0.3 is 5.73 Å². The summed E-state index contributed by atoms with van der Waals surface area (Å²) in [4.78, 5) is 4.18. The molecule has 0 saturated heterocycles. The van der Waals surface area contributed by atoms with E-state index in [1.165, 1.54) is 0 Å². The number of hydrogen-bond donors (Lipinski definition) is 2. The van der Waals surface area contributed by atoms with Gasteiger partial charge in [0, 0.05) is 17.6 Å². The highest BCUT2D eigenvalue weighted by atomic mass is 32.2. The minimum absolute atomic E-state index is 0.691. The minimum Gasteiger partial charge on any atom is -0.397 e. The molecule has 0 spiro atoms. The molecule has 0 fully saturated rings. The minimum atomic E-state index is 0.691. The van der Waals surface area contributed by atoms with E-state index in [1.54, 1.807) is 24.2 Å². The molecule has 0 unspecified atom stereocenters. The van der Waals surface area contributed by atoms with Crippen LogP contribution in [0.1, 0.15) is 5.69 Å². The van der Waals surface area contributed by atoms with Crippen molar-refractivity contribution in [3.8, 4) is 0 Å². The number of nitrogens with one attached hydrogen (secondary N) is 1. The summed E-state index contributed by atoms with van der Waals surface area (Å²) in [5.41, 5.74) is 7.31. The van der Waals surface area contributed by atoms with Crippen LogP contribution in [0, 0.1) is 0 Å². The Kier molecular flexibility index (Phi) is 2.69. The molecule has 2 heterocycles. The highest BCUT2D eigenvalue weighted by Crippen LogP contribution is 2.19. The summed E-state index contributed by atoms with van der Waals surface area (Å²) in [6.45, 7) is 0. The van der Waals surface area contributed by atoms with Gasteiger partial charge in [0.2, 0.25) is 0 Å². The lowest BCUT2D eigenvalue weighted by Crippen LogP contribution is -1.87. The lowest BCUT2D eigenvalue weighted by atomic mass is 10.4. The fourth-order valence-corrected chi connectivity index (χ4v) is 1.75. The van der Waals surface area contributed by atoms with Crippen molar-refractivity contribution >= 4 is 17.4 Å². The molecule has 0 atom stereocenters. The highest BCUT2D eigenvalue weighted by Gasteiger charge is 1.97. The van der Waals surface area contributed by atoms with Crippen molar-refractivity contribution in [3.05, 3.63) is 36.3 Å². The van der Waals surface area contributed by atoms with Crippen LogP contribution in [0.2, 0.25) is 0 Å². The van der Waals surface area contributed by atoms with E-state index in [0.717, 1.165) is 16.5 Å². The molecular weight excluding hydrogens is 196 g/mol. The lowest BCUT2D eigenvalue weighted by molar-refractivity contribution is 1.03. The third-order valence-electron chi connectivity index (χ3n) is 1.69. The molecule has 0 radical (unpaired) electrons. The standard InChI is InChI=1S/C9H10N4S/c10-7-1-2-9(11-5-7)14-6-8-3-4-12-13-8/h1-5H,6,10H2,(H,12,13). The second-order valence-electron chi connectivity index (χ2n) is 2.80. The Balaban J connectivity index is 1.95. The van der Waals surface area contributed by atoms with Gasteiger partial charge in [-0.15, -0.1) is 11.8 Å². The Labute approximate surface area is 85.9 Å². The fraction of sp³-hybridized carbons (Fsp3) is 0.111. The molecule has 4 nitrogen and oxygen atoms in total. The number of nitrogen functional groups attached to an aromatic ring is 1. The van der Waals surface area contributed by atoms with Gasteiger partial charge in [-0.25, -0.2) is 4.98 Å². The summed E-state index contributed by atoms with van der Waals surface area (Å²) in [5, 5.41) is 7.73. The number of anilines is 1. The Morgan fingerprint density at radius 2 is 2.29 bits per heavy atom. The number of hydrogen-bond acceptors (Lipinski definition) is 4. The van der Waals surface area contributed by atoms with Crippen LogP contribution in [0.4, 0.5) is 5.69 Å². The summed E-state index contributed by atoms with van der Waals surface area (Å²) in [5.74, 6) is 0.844. The summed E-state index contributed by atoms with van der Waals surface area (Å²) < 4.78 is 0. The van der Waals surface area contributed by atoms with Crippen molar-refractivity contribution < 1.29 is 0 Å². The first-order valence-electron chi connectivity index (χ1n) is 4.17. The summed E-state index contributed by atoms with van der Waals surface area (Å²) in [7, 11) is 0. The van der Waals surface area contributed by atoms with E-state index in [2.05, 4.69) is 15.2 Å². The number of pyridine rings is 1. The Morgan fingerprint density at radius 1 is 1.36 bits per heavy atom. The van der Waals surface area contributed by atoms with Gasteiger partial charge in [-0.1, -0.05) is 0 Å². The van der Waals surface area contributed by atoms with Gasteiger partial charge in [0.15, 0.2) is 0 Å². The average Bonchev–Trinajstić information content (AvgIpc) is 2.70. The second kappa shape index (κ2) is 4.15. The van der Waals surface area contributed by atoms with E-state index >= 15 is 0 Å². The number of H-pyrrole nitrogens is 1. The first kappa shape index (κ1) is 9.08. The maximum absolute atomic E-state index is 5.53. The van der Waals surface area contributed by atoms with Crippen LogP contribution in [0.3, 0.4) is 0 Å². The topological polar surface area (TPSA) is 67.6 Å². The molecule has 72 valence electrons. The maximum Gasteiger partial charge on any atom is 0.0965 e. The second-order valence-corrected chi connectivity index (χ2v) is 3.80. The zero-order chi connectivity index (χ0) is 9.80. The van der Waals surface area contributed by atoms with Crippen LogP contribution in [-0.4, -0.2) is 15.2 Å². The third kappa shape index (κ3) is 2.26.